The molecular formula is C10H16O2. The van der Waals surface area contributed by atoms with E-state index in [-0.39, 0.29) is 17.5 Å². The Morgan fingerprint density at radius 3 is 2.58 bits per heavy atom. The Kier molecular flexibility index (Phi) is 2.55. The van der Waals surface area contributed by atoms with Crippen molar-refractivity contribution in [2.45, 2.75) is 33.6 Å². The molecular weight excluding hydrogens is 152 g/mol. The maximum absolute atomic E-state index is 11.3. The van der Waals surface area contributed by atoms with Gasteiger partial charge in [0, 0.05) is 5.92 Å². The Morgan fingerprint density at radius 2 is 2.08 bits per heavy atom. The molecule has 1 aliphatic rings. The van der Waals surface area contributed by atoms with Gasteiger partial charge in [0.25, 0.3) is 0 Å². The topological polar surface area (TPSA) is 37.3 Å². The SMILES string of the molecule is CC(C)C1=C(O)C(=O)C(C)CC1. The summed E-state index contributed by atoms with van der Waals surface area (Å²) < 4.78 is 0. The molecule has 1 unspecified atom stereocenters. The summed E-state index contributed by atoms with van der Waals surface area (Å²) in [5.74, 6) is 0.252. The van der Waals surface area contributed by atoms with E-state index in [0.29, 0.717) is 5.92 Å². The van der Waals surface area contributed by atoms with Crippen molar-refractivity contribution in [2.24, 2.45) is 11.8 Å². The first kappa shape index (κ1) is 9.30. The lowest BCUT2D eigenvalue weighted by Crippen LogP contribution is -2.22. The molecule has 0 radical (unpaired) electrons. The molecule has 0 aliphatic heterocycles. The summed E-state index contributed by atoms with van der Waals surface area (Å²) in [5.41, 5.74) is 0.929. The van der Waals surface area contributed by atoms with Crippen molar-refractivity contribution in [2.75, 3.05) is 0 Å². The lowest BCUT2D eigenvalue weighted by molar-refractivity contribution is -0.122. The summed E-state index contributed by atoms with van der Waals surface area (Å²) in [7, 11) is 0. The molecule has 0 aromatic carbocycles. The fraction of sp³-hybridized carbons (Fsp3) is 0.700. The molecule has 0 amide bonds. The molecule has 1 rings (SSSR count). The lowest BCUT2D eigenvalue weighted by atomic mass is 9.84. The van der Waals surface area contributed by atoms with Gasteiger partial charge >= 0.3 is 0 Å². The van der Waals surface area contributed by atoms with Gasteiger partial charge in [-0.3, -0.25) is 4.79 Å². The number of carbonyl (C=O) groups is 1. The largest absolute Gasteiger partial charge is 0.504 e. The predicted octanol–water partition coefficient (Wildman–Crippen LogP) is 2.45. The fourth-order valence-electron chi connectivity index (χ4n) is 1.58. The van der Waals surface area contributed by atoms with Crippen molar-refractivity contribution in [1.82, 2.24) is 0 Å². The van der Waals surface area contributed by atoms with Gasteiger partial charge in [-0.15, -0.1) is 0 Å². The van der Waals surface area contributed by atoms with E-state index in [9.17, 15) is 9.90 Å². The number of Topliss-reactive ketones (excluding diaryl/α,β-unsaturated/α-hetero) is 1. The molecule has 0 saturated heterocycles. The summed E-state index contributed by atoms with van der Waals surface area (Å²) in [4.78, 5) is 11.3. The molecule has 12 heavy (non-hydrogen) atoms. The van der Waals surface area contributed by atoms with Crippen molar-refractivity contribution < 1.29 is 9.90 Å². The molecule has 0 heterocycles. The van der Waals surface area contributed by atoms with E-state index < -0.39 is 0 Å². The zero-order valence-corrected chi connectivity index (χ0v) is 7.92. The first-order valence-electron chi connectivity index (χ1n) is 4.50. The fourth-order valence-corrected chi connectivity index (χ4v) is 1.58. The number of aliphatic hydroxyl groups is 1. The van der Waals surface area contributed by atoms with Crippen LogP contribution in [0, 0.1) is 11.8 Å². The molecule has 1 N–H and O–H groups in total. The highest BCUT2D eigenvalue weighted by Gasteiger charge is 2.27. The van der Waals surface area contributed by atoms with Gasteiger partial charge < -0.3 is 5.11 Å². The van der Waals surface area contributed by atoms with Gasteiger partial charge in [-0.05, 0) is 24.3 Å². The summed E-state index contributed by atoms with van der Waals surface area (Å²) >= 11 is 0. The zero-order chi connectivity index (χ0) is 9.30. The second-order valence-electron chi connectivity index (χ2n) is 3.83. The van der Waals surface area contributed by atoms with Crippen molar-refractivity contribution in [3.05, 3.63) is 11.3 Å². The van der Waals surface area contributed by atoms with Crippen LogP contribution in [0.15, 0.2) is 11.3 Å². The van der Waals surface area contributed by atoms with Gasteiger partial charge in [0.2, 0.25) is 0 Å². The average Bonchev–Trinajstić information content (AvgIpc) is 2.00. The lowest BCUT2D eigenvalue weighted by Gasteiger charge is -2.22. The van der Waals surface area contributed by atoms with Crippen LogP contribution < -0.4 is 0 Å². The third-order valence-corrected chi connectivity index (χ3v) is 2.53. The van der Waals surface area contributed by atoms with E-state index in [1.54, 1.807) is 0 Å². The molecule has 0 bridgehead atoms. The number of ketones is 1. The van der Waals surface area contributed by atoms with Gasteiger partial charge in [0.05, 0.1) is 0 Å². The summed E-state index contributed by atoms with van der Waals surface area (Å²) in [6, 6.07) is 0. The van der Waals surface area contributed by atoms with E-state index in [0.717, 1.165) is 18.4 Å². The predicted molar refractivity (Wildman–Crippen MR) is 47.9 cm³/mol. The third kappa shape index (κ3) is 1.52. The highest BCUT2D eigenvalue weighted by Crippen LogP contribution is 2.29. The van der Waals surface area contributed by atoms with Gasteiger partial charge in [-0.2, -0.15) is 0 Å². The number of aliphatic hydroxyl groups excluding tert-OH is 1. The van der Waals surface area contributed by atoms with E-state index >= 15 is 0 Å². The van der Waals surface area contributed by atoms with Crippen LogP contribution in [0.4, 0.5) is 0 Å². The smallest absolute Gasteiger partial charge is 0.199 e. The van der Waals surface area contributed by atoms with Crippen LogP contribution >= 0.6 is 0 Å². The van der Waals surface area contributed by atoms with E-state index in [2.05, 4.69) is 0 Å². The van der Waals surface area contributed by atoms with Gasteiger partial charge in [-0.25, -0.2) is 0 Å². The Balaban J connectivity index is 2.93. The molecule has 0 aromatic rings. The van der Waals surface area contributed by atoms with Crippen LogP contribution in [0.25, 0.3) is 0 Å². The standard InChI is InChI=1S/C10H16O2/c1-6(2)8-5-4-7(3)9(11)10(8)12/h6-7,12H,4-5H2,1-3H3. The van der Waals surface area contributed by atoms with Crippen LogP contribution in [0.5, 0.6) is 0 Å². The average molecular weight is 168 g/mol. The summed E-state index contributed by atoms with van der Waals surface area (Å²) in [5, 5.41) is 9.51. The van der Waals surface area contributed by atoms with Gasteiger partial charge in [0.15, 0.2) is 11.5 Å². The second kappa shape index (κ2) is 3.30. The molecule has 2 nitrogen and oxygen atoms in total. The summed E-state index contributed by atoms with van der Waals surface area (Å²) in [6.07, 6.45) is 1.76. The zero-order valence-electron chi connectivity index (χ0n) is 7.92. The first-order chi connectivity index (χ1) is 5.54. The molecule has 0 saturated carbocycles. The molecule has 0 aromatic heterocycles. The van der Waals surface area contributed by atoms with E-state index in [1.165, 1.54) is 0 Å². The molecule has 68 valence electrons. The van der Waals surface area contributed by atoms with Crippen LogP contribution in [0.2, 0.25) is 0 Å². The molecule has 2 heteroatoms. The number of hydrogen-bond donors (Lipinski definition) is 1. The number of carbonyl (C=O) groups excluding carboxylic acids is 1. The molecule has 1 aliphatic carbocycles. The highest BCUT2D eigenvalue weighted by molar-refractivity contribution is 5.96. The maximum atomic E-state index is 11.3. The second-order valence-corrected chi connectivity index (χ2v) is 3.83. The van der Waals surface area contributed by atoms with Crippen molar-refractivity contribution in [3.8, 4) is 0 Å². The van der Waals surface area contributed by atoms with Crippen LogP contribution in [-0.2, 0) is 4.79 Å². The number of hydrogen-bond acceptors (Lipinski definition) is 2. The van der Waals surface area contributed by atoms with Crippen molar-refractivity contribution in [3.63, 3.8) is 0 Å². The molecule has 1 atom stereocenters. The normalized spacial score (nSPS) is 25.3. The van der Waals surface area contributed by atoms with Crippen molar-refractivity contribution >= 4 is 5.78 Å². The van der Waals surface area contributed by atoms with Crippen molar-refractivity contribution in [1.29, 1.82) is 0 Å². The monoisotopic (exact) mass is 168 g/mol. The highest BCUT2D eigenvalue weighted by atomic mass is 16.3. The van der Waals surface area contributed by atoms with E-state index in [4.69, 9.17) is 0 Å². The quantitative estimate of drug-likeness (QED) is 0.653. The van der Waals surface area contributed by atoms with Crippen LogP contribution in [-0.4, -0.2) is 10.9 Å². The number of rotatable bonds is 1. The Hall–Kier alpha value is -0.790. The van der Waals surface area contributed by atoms with Crippen LogP contribution in [0.3, 0.4) is 0 Å². The summed E-state index contributed by atoms with van der Waals surface area (Å²) in [6.45, 7) is 5.89. The Labute approximate surface area is 73.3 Å². The van der Waals surface area contributed by atoms with Gasteiger partial charge in [-0.1, -0.05) is 20.8 Å². The Bertz CT molecular complexity index is 226. The number of allylic oxidation sites excluding steroid dienone is 2. The third-order valence-electron chi connectivity index (χ3n) is 2.53. The Morgan fingerprint density at radius 1 is 1.50 bits per heavy atom. The first-order valence-corrected chi connectivity index (χ1v) is 4.50. The molecule has 0 spiro atoms. The van der Waals surface area contributed by atoms with Crippen LogP contribution in [0.1, 0.15) is 33.6 Å². The minimum Gasteiger partial charge on any atom is -0.504 e. The minimum absolute atomic E-state index is 0.00694. The van der Waals surface area contributed by atoms with Gasteiger partial charge in [0.1, 0.15) is 0 Å². The molecule has 0 fully saturated rings. The van der Waals surface area contributed by atoms with E-state index in [1.807, 2.05) is 20.8 Å². The maximum Gasteiger partial charge on any atom is 0.199 e. The minimum atomic E-state index is -0.0787.